The summed E-state index contributed by atoms with van der Waals surface area (Å²) < 4.78 is 0. The van der Waals surface area contributed by atoms with Crippen molar-refractivity contribution in [2.24, 2.45) is 17.3 Å². The van der Waals surface area contributed by atoms with Crippen molar-refractivity contribution in [2.75, 3.05) is 6.54 Å². The fraction of sp³-hybridized carbons (Fsp3) is 0.386. The molecule has 2 aliphatic carbocycles. The van der Waals surface area contributed by atoms with Gasteiger partial charge in [0, 0.05) is 17.7 Å². The van der Waals surface area contributed by atoms with Gasteiger partial charge in [-0.05, 0) is 106 Å². The third-order valence-corrected chi connectivity index (χ3v) is 12.0. The van der Waals surface area contributed by atoms with Crippen molar-refractivity contribution in [3.05, 3.63) is 113 Å². The first kappa shape index (κ1) is 33.8. The molecule has 1 heterocycles. The molecule has 1 unspecified atom stereocenters. The number of carboxylic acids is 1. The van der Waals surface area contributed by atoms with Gasteiger partial charge in [-0.15, -0.1) is 0 Å². The van der Waals surface area contributed by atoms with Gasteiger partial charge in [-0.3, -0.25) is 9.59 Å². The van der Waals surface area contributed by atoms with Crippen molar-refractivity contribution in [3.8, 4) is 22.5 Å². The molecule has 50 heavy (non-hydrogen) atoms. The lowest BCUT2D eigenvalue weighted by molar-refractivity contribution is -0.140. The molecule has 0 saturated heterocycles. The van der Waals surface area contributed by atoms with Gasteiger partial charge >= 0.3 is 5.97 Å². The van der Waals surface area contributed by atoms with Gasteiger partial charge in [0.15, 0.2) is 0 Å². The number of aliphatic carboxylic acids is 1. The molecule has 1 aromatic heterocycles. The molecule has 1 saturated carbocycles. The average Bonchev–Trinajstić information content (AvgIpc) is 3.56. The van der Waals surface area contributed by atoms with Crippen molar-refractivity contribution >= 4 is 22.9 Å². The molecule has 0 bridgehead atoms. The smallest absolute Gasteiger partial charge is 0.308 e. The number of amides is 1. The molecule has 1 amide bonds. The van der Waals surface area contributed by atoms with Crippen LogP contribution in [0.5, 0.6) is 0 Å². The molecule has 3 N–H and O–H groups in total. The van der Waals surface area contributed by atoms with Gasteiger partial charge < -0.3 is 15.4 Å². The van der Waals surface area contributed by atoms with Crippen molar-refractivity contribution in [3.63, 3.8) is 0 Å². The number of fused-ring (bicyclic) bond motifs is 4. The predicted octanol–water partition coefficient (Wildman–Crippen LogP) is 9.72. The Labute approximate surface area is 295 Å². The number of hydrogen-bond donors (Lipinski definition) is 3. The fourth-order valence-corrected chi connectivity index (χ4v) is 9.20. The third-order valence-electron chi connectivity index (χ3n) is 12.0. The van der Waals surface area contributed by atoms with Crippen LogP contribution in [0.1, 0.15) is 98.8 Å². The zero-order chi connectivity index (χ0) is 35.2. The Morgan fingerprint density at radius 3 is 2.48 bits per heavy atom. The number of carbonyl (C=O) groups is 2. The lowest BCUT2D eigenvalue weighted by atomic mass is 9.48. The average molecular weight is 668 g/mol. The van der Waals surface area contributed by atoms with E-state index in [2.05, 4.69) is 98.7 Å². The maximum atomic E-state index is 13.0. The number of aryl methyl sites for hydroxylation is 1. The minimum Gasteiger partial charge on any atom is -0.481 e. The summed E-state index contributed by atoms with van der Waals surface area (Å²) in [6.45, 7) is 11.3. The number of H-pyrrole nitrogens is 1. The molecule has 4 atom stereocenters. The summed E-state index contributed by atoms with van der Waals surface area (Å²) >= 11 is 0. The topological polar surface area (TPSA) is 95.1 Å². The normalized spacial score (nSPS) is 22.2. The molecule has 6 heteroatoms. The Kier molecular flexibility index (Phi) is 8.92. The number of nitrogens with one attached hydrogen (secondary N) is 2. The van der Waals surface area contributed by atoms with Crippen LogP contribution in [0.25, 0.3) is 33.5 Å². The van der Waals surface area contributed by atoms with Crippen LogP contribution in [-0.4, -0.2) is 33.5 Å². The van der Waals surface area contributed by atoms with E-state index in [1.807, 2.05) is 18.2 Å². The molecule has 7 rings (SSSR count). The number of carboxylic acid groups (broad SMARTS) is 1. The first-order valence-corrected chi connectivity index (χ1v) is 18.3. The zero-order valence-corrected chi connectivity index (χ0v) is 30.0. The highest BCUT2D eigenvalue weighted by molar-refractivity contribution is 5.96. The van der Waals surface area contributed by atoms with Crippen LogP contribution in [0.3, 0.4) is 0 Å². The fourth-order valence-electron chi connectivity index (χ4n) is 9.20. The zero-order valence-electron chi connectivity index (χ0n) is 30.0. The van der Waals surface area contributed by atoms with Crippen LogP contribution >= 0.6 is 0 Å². The molecule has 4 aromatic carbocycles. The second-order valence-electron chi connectivity index (χ2n) is 15.7. The van der Waals surface area contributed by atoms with E-state index < -0.39 is 11.9 Å². The van der Waals surface area contributed by atoms with Crippen LogP contribution in [0, 0.1) is 17.3 Å². The molecular formula is C44H49N3O3. The first-order valence-electron chi connectivity index (χ1n) is 18.3. The number of carbonyl (C=O) groups excluding carboxylic acids is 1. The van der Waals surface area contributed by atoms with Crippen molar-refractivity contribution in [1.82, 2.24) is 15.3 Å². The number of aromatic amines is 1. The lowest BCUT2D eigenvalue weighted by Crippen LogP contribution is -2.50. The number of benzene rings is 4. The maximum absolute atomic E-state index is 13.0. The summed E-state index contributed by atoms with van der Waals surface area (Å²) in [5.41, 5.74) is 11.7. The monoisotopic (exact) mass is 667 g/mol. The van der Waals surface area contributed by atoms with E-state index in [0.717, 1.165) is 29.4 Å². The SMILES string of the molecule is CC(CNC(=O)c1cccc(-c2nc3c(C[C@@]4(C)CCC[C@]5(C)c6ccc(C(C)C)cc6CC[C@@H]45)c(-c4ccccc4)ccc3[nH]2)c1)C(=O)O. The number of rotatable bonds is 9. The van der Waals surface area contributed by atoms with Crippen molar-refractivity contribution in [1.29, 1.82) is 0 Å². The summed E-state index contributed by atoms with van der Waals surface area (Å²) in [6.07, 6.45) is 6.88. The Morgan fingerprint density at radius 2 is 1.72 bits per heavy atom. The summed E-state index contributed by atoms with van der Waals surface area (Å²) in [7, 11) is 0. The molecule has 258 valence electrons. The van der Waals surface area contributed by atoms with E-state index in [4.69, 9.17) is 4.98 Å². The predicted molar refractivity (Wildman–Crippen MR) is 201 cm³/mol. The molecule has 2 aliphatic rings. The highest BCUT2D eigenvalue weighted by Crippen LogP contribution is 2.59. The lowest BCUT2D eigenvalue weighted by Gasteiger charge is -2.56. The summed E-state index contributed by atoms with van der Waals surface area (Å²) in [6, 6.07) is 29.8. The Hall–Kier alpha value is -4.71. The second-order valence-corrected chi connectivity index (χ2v) is 15.7. The Balaban J connectivity index is 1.27. The number of imidazole rings is 1. The summed E-state index contributed by atoms with van der Waals surface area (Å²) in [5.74, 6) is -0.105. The van der Waals surface area contributed by atoms with Gasteiger partial charge in [0.2, 0.25) is 0 Å². The highest BCUT2D eigenvalue weighted by atomic mass is 16.4. The molecular weight excluding hydrogens is 619 g/mol. The molecule has 0 spiro atoms. The largest absolute Gasteiger partial charge is 0.481 e. The maximum Gasteiger partial charge on any atom is 0.308 e. The van der Waals surface area contributed by atoms with Gasteiger partial charge in [-0.1, -0.05) is 108 Å². The van der Waals surface area contributed by atoms with Crippen LogP contribution in [0.4, 0.5) is 0 Å². The minimum atomic E-state index is -0.938. The highest BCUT2D eigenvalue weighted by Gasteiger charge is 2.52. The molecule has 6 nitrogen and oxygen atoms in total. The van der Waals surface area contributed by atoms with Gasteiger partial charge in [0.25, 0.3) is 5.91 Å². The number of hydrogen-bond acceptors (Lipinski definition) is 3. The number of nitrogens with zero attached hydrogens (tertiary/aromatic N) is 1. The van der Waals surface area contributed by atoms with Gasteiger partial charge in [0.05, 0.1) is 17.0 Å². The summed E-state index contributed by atoms with van der Waals surface area (Å²) in [4.78, 5) is 33.1. The van der Waals surface area contributed by atoms with Gasteiger partial charge in [-0.2, -0.15) is 0 Å². The van der Waals surface area contributed by atoms with Crippen LogP contribution in [0.2, 0.25) is 0 Å². The molecule has 0 radical (unpaired) electrons. The van der Waals surface area contributed by atoms with E-state index in [1.165, 1.54) is 47.9 Å². The van der Waals surface area contributed by atoms with Crippen LogP contribution < -0.4 is 5.32 Å². The van der Waals surface area contributed by atoms with E-state index in [0.29, 0.717) is 23.2 Å². The number of aromatic nitrogens is 2. The Bertz CT molecular complexity index is 2060. The van der Waals surface area contributed by atoms with Crippen molar-refractivity contribution in [2.45, 2.75) is 84.5 Å². The first-order chi connectivity index (χ1) is 24.0. The van der Waals surface area contributed by atoms with Crippen LogP contribution in [-0.2, 0) is 23.1 Å². The van der Waals surface area contributed by atoms with E-state index in [9.17, 15) is 14.7 Å². The molecule has 5 aromatic rings. The quantitative estimate of drug-likeness (QED) is 0.146. The van der Waals surface area contributed by atoms with Gasteiger partial charge in [-0.25, -0.2) is 4.98 Å². The van der Waals surface area contributed by atoms with E-state index >= 15 is 0 Å². The third kappa shape index (κ3) is 6.14. The van der Waals surface area contributed by atoms with Crippen LogP contribution in [0.15, 0.2) is 84.9 Å². The van der Waals surface area contributed by atoms with E-state index in [-0.39, 0.29) is 23.3 Å². The Morgan fingerprint density at radius 1 is 0.940 bits per heavy atom. The van der Waals surface area contributed by atoms with Crippen molar-refractivity contribution < 1.29 is 14.7 Å². The standard InChI is InChI=1S/C44H49N3O3/c1-27(2)30-15-18-36-31(23-30)16-20-38-43(4,21-10-22-44(36,38)5)25-35-34(29-11-7-6-8-12-29)17-19-37-39(35)47-40(46-37)32-13-9-14-33(24-32)41(48)45-26-28(3)42(49)50/h6-9,11-15,17-19,23-24,27-28,38H,10,16,20-22,25-26H2,1-5H3,(H,45,48)(H,46,47)(H,49,50)/t28?,38-,43+,44+/m0/s1. The summed E-state index contributed by atoms with van der Waals surface area (Å²) in [5, 5.41) is 12.0. The second kappa shape index (κ2) is 13.2. The molecule has 0 aliphatic heterocycles. The minimum absolute atomic E-state index is 0.0675. The van der Waals surface area contributed by atoms with E-state index in [1.54, 1.807) is 24.1 Å². The molecule has 1 fully saturated rings. The van der Waals surface area contributed by atoms with Gasteiger partial charge in [0.1, 0.15) is 5.82 Å².